The van der Waals surface area contributed by atoms with Gasteiger partial charge in [-0.05, 0) is 128 Å². The largest absolute Gasteiger partial charge is 0.389 e. The van der Waals surface area contributed by atoms with Crippen LogP contribution in [-0.2, 0) is 33.1 Å². The maximum absolute atomic E-state index is 11.8. The van der Waals surface area contributed by atoms with Crippen LogP contribution >= 0.6 is 0 Å². The number of hydrogen-bond acceptors (Lipinski definition) is 4. The second kappa shape index (κ2) is 31.3. The highest BCUT2D eigenvalue weighted by atomic mass is 32.2. The molecular formula is C70H74F6O6S2. The average Bonchev–Trinajstić information content (AvgIpc) is 2.40. The molecule has 2 aliphatic rings. The van der Waals surface area contributed by atoms with Gasteiger partial charge in [-0.25, -0.2) is 0 Å². The summed E-state index contributed by atoms with van der Waals surface area (Å²) in [6.45, 7) is 0. The fraction of sp³-hybridized carbons (Fsp3) is 0.314. The number of alkyl halides is 6. The van der Waals surface area contributed by atoms with Crippen LogP contribution in [0.25, 0.3) is 66.8 Å². The van der Waals surface area contributed by atoms with Crippen molar-refractivity contribution in [1.82, 2.24) is 0 Å². The van der Waals surface area contributed by atoms with Crippen LogP contribution in [0.3, 0.4) is 0 Å². The Morgan fingerprint density at radius 1 is 0.298 bits per heavy atom. The Balaban J connectivity index is 0.000000164. The van der Waals surface area contributed by atoms with E-state index in [9.17, 15) is 43.2 Å². The van der Waals surface area contributed by atoms with Crippen molar-refractivity contribution in [3.8, 4) is 66.8 Å². The van der Waals surface area contributed by atoms with E-state index < -0.39 is 45.4 Å². The first-order valence-corrected chi connectivity index (χ1v) is 32.2. The summed E-state index contributed by atoms with van der Waals surface area (Å²) in [6.07, 6.45) is 0.725. The second-order valence-corrected chi connectivity index (χ2v) is 24.6. The molecule has 14 heteroatoms. The van der Waals surface area contributed by atoms with Crippen molar-refractivity contribution in [3.63, 3.8) is 0 Å². The predicted octanol–water partition coefficient (Wildman–Crippen LogP) is 20.3. The summed E-state index contributed by atoms with van der Waals surface area (Å²) in [5.41, 5.74) is 21.8. The maximum atomic E-state index is 11.8. The standard InChI is InChI=1S/2C25H18.2C10H19F3O3S/c2*1-3-9-18(10-4-1)22-15-16-23-21-14-8-7-13-20(21)17-24(23)25(22)19-11-5-2-6-12-19;2*11-10(12,13)8-6-4-2-1-3-5-7-9-17(14,15)16/h2*1-16H,17H2;2*1-9H2,(H,14,15,16). The van der Waals surface area contributed by atoms with E-state index in [-0.39, 0.29) is 24.3 Å². The van der Waals surface area contributed by atoms with Gasteiger partial charge in [0.25, 0.3) is 20.2 Å². The van der Waals surface area contributed by atoms with Crippen LogP contribution in [-0.4, -0.2) is 49.8 Å². The Kier molecular flexibility index (Phi) is 24.1. The van der Waals surface area contributed by atoms with Gasteiger partial charge in [-0.3, -0.25) is 9.11 Å². The summed E-state index contributed by atoms with van der Waals surface area (Å²) >= 11 is 0. The summed E-state index contributed by atoms with van der Waals surface area (Å²) in [6, 6.07) is 69.8. The Labute approximate surface area is 492 Å². The molecule has 8 aromatic carbocycles. The summed E-state index contributed by atoms with van der Waals surface area (Å²) in [7, 11) is -7.73. The van der Waals surface area contributed by atoms with Crippen LogP contribution in [0.2, 0.25) is 0 Å². The Morgan fingerprint density at radius 3 is 0.869 bits per heavy atom. The molecular weight excluding hydrogens is 1110 g/mol. The molecule has 0 aliphatic heterocycles. The van der Waals surface area contributed by atoms with Crippen molar-refractivity contribution in [2.24, 2.45) is 0 Å². The molecule has 0 spiro atoms. The molecule has 2 N–H and O–H groups in total. The number of hydrogen-bond donors (Lipinski definition) is 2. The summed E-state index contributed by atoms with van der Waals surface area (Å²) in [4.78, 5) is 0. The van der Waals surface area contributed by atoms with Gasteiger partial charge in [-0.15, -0.1) is 0 Å². The summed E-state index contributed by atoms with van der Waals surface area (Å²) in [5, 5.41) is 0. The molecule has 0 radical (unpaired) electrons. The highest BCUT2D eigenvalue weighted by Crippen LogP contribution is 2.47. The average molecular weight is 1190 g/mol. The van der Waals surface area contributed by atoms with E-state index in [2.05, 4.69) is 194 Å². The lowest BCUT2D eigenvalue weighted by molar-refractivity contribution is -0.136. The second-order valence-electron chi connectivity index (χ2n) is 21.4. The Bertz CT molecular complexity index is 3300. The van der Waals surface area contributed by atoms with E-state index in [1.165, 1.54) is 89.0 Å². The Morgan fingerprint density at radius 2 is 0.560 bits per heavy atom. The van der Waals surface area contributed by atoms with Crippen LogP contribution in [0.1, 0.15) is 125 Å². The lowest BCUT2D eigenvalue weighted by Crippen LogP contribution is -2.06. The number of unbranched alkanes of at least 4 members (excludes halogenated alkanes) is 12. The number of halogens is 6. The van der Waals surface area contributed by atoms with E-state index in [1.807, 2.05) is 0 Å². The van der Waals surface area contributed by atoms with Crippen molar-refractivity contribution in [2.45, 2.75) is 128 Å². The van der Waals surface area contributed by atoms with Gasteiger partial charge < -0.3 is 0 Å². The first-order valence-electron chi connectivity index (χ1n) is 29.0. The zero-order chi connectivity index (χ0) is 60.0. The minimum atomic E-state index is -4.06. The molecule has 84 heavy (non-hydrogen) atoms. The summed E-state index contributed by atoms with van der Waals surface area (Å²) < 4.78 is 129. The van der Waals surface area contributed by atoms with Gasteiger partial charge >= 0.3 is 12.4 Å². The van der Waals surface area contributed by atoms with Gasteiger partial charge in [-0.1, -0.05) is 258 Å². The Hall–Kier alpha value is -6.84. The zero-order valence-corrected chi connectivity index (χ0v) is 48.9. The SMILES string of the molecule is O=S(=O)(O)CCCCCCCCCC(F)(F)F.O=S(=O)(O)CCCCCCCCCC(F)(F)F.c1ccc(-c2ccc3c(c2-c2ccccc2)Cc2ccccc2-3)cc1.c1ccc(-c2ccc3c(c2-c2ccccc2)Cc2ccccc2-3)cc1. The molecule has 444 valence electrons. The molecule has 0 saturated heterocycles. The molecule has 8 aromatic rings. The molecule has 10 rings (SSSR count). The van der Waals surface area contributed by atoms with Crippen LogP contribution < -0.4 is 0 Å². The van der Waals surface area contributed by atoms with Gasteiger partial charge in [0, 0.05) is 12.8 Å². The van der Waals surface area contributed by atoms with Crippen molar-refractivity contribution in [2.75, 3.05) is 11.5 Å². The van der Waals surface area contributed by atoms with E-state index in [0.29, 0.717) is 38.5 Å². The lowest BCUT2D eigenvalue weighted by atomic mass is 9.88. The van der Waals surface area contributed by atoms with Gasteiger partial charge in [-0.2, -0.15) is 43.2 Å². The zero-order valence-electron chi connectivity index (χ0n) is 47.2. The highest BCUT2D eigenvalue weighted by molar-refractivity contribution is 7.86. The third-order valence-electron chi connectivity index (χ3n) is 15.0. The molecule has 6 nitrogen and oxygen atoms in total. The van der Waals surface area contributed by atoms with E-state index in [4.69, 9.17) is 9.11 Å². The quantitative estimate of drug-likeness (QED) is 0.0398. The first-order chi connectivity index (χ1) is 40.2. The number of benzene rings is 8. The van der Waals surface area contributed by atoms with Crippen molar-refractivity contribution in [1.29, 1.82) is 0 Å². The molecule has 0 bridgehead atoms. The van der Waals surface area contributed by atoms with Gasteiger partial charge in [0.1, 0.15) is 0 Å². The third-order valence-corrected chi connectivity index (χ3v) is 16.6. The van der Waals surface area contributed by atoms with E-state index in [1.54, 1.807) is 0 Å². The lowest BCUT2D eigenvalue weighted by Gasteiger charge is -2.16. The van der Waals surface area contributed by atoms with Crippen LogP contribution in [0.5, 0.6) is 0 Å². The number of fused-ring (bicyclic) bond motifs is 6. The van der Waals surface area contributed by atoms with Crippen molar-refractivity contribution < 1.29 is 52.3 Å². The minimum absolute atomic E-state index is 0.161. The monoisotopic (exact) mass is 1190 g/mol. The number of rotatable bonds is 22. The molecule has 2 aliphatic carbocycles. The highest BCUT2D eigenvalue weighted by Gasteiger charge is 2.28. The molecule has 0 fully saturated rings. The predicted molar refractivity (Wildman–Crippen MR) is 330 cm³/mol. The maximum Gasteiger partial charge on any atom is 0.389 e. The molecule has 0 atom stereocenters. The van der Waals surface area contributed by atoms with E-state index in [0.717, 1.165) is 51.4 Å². The van der Waals surface area contributed by atoms with Gasteiger partial charge in [0.05, 0.1) is 11.5 Å². The molecule has 0 aromatic heterocycles. The first kappa shape index (κ1) is 64.7. The fourth-order valence-corrected chi connectivity index (χ4v) is 12.1. The van der Waals surface area contributed by atoms with Crippen LogP contribution in [0.4, 0.5) is 26.3 Å². The normalized spacial score (nSPS) is 12.3. The molecule has 0 heterocycles. The topological polar surface area (TPSA) is 109 Å². The van der Waals surface area contributed by atoms with Gasteiger partial charge in [0.15, 0.2) is 0 Å². The molecule has 0 unspecified atom stereocenters. The van der Waals surface area contributed by atoms with Crippen molar-refractivity contribution >= 4 is 20.2 Å². The van der Waals surface area contributed by atoms with Crippen LogP contribution in [0.15, 0.2) is 194 Å². The summed E-state index contributed by atoms with van der Waals surface area (Å²) in [5.74, 6) is -0.470. The van der Waals surface area contributed by atoms with E-state index >= 15 is 0 Å². The fourth-order valence-electron chi connectivity index (χ4n) is 11.0. The molecule has 0 saturated carbocycles. The smallest absolute Gasteiger partial charge is 0.286 e. The third kappa shape index (κ3) is 20.7. The molecule has 0 amide bonds. The minimum Gasteiger partial charge on any atom is -0.286 e. The van der Waals surface area contributed by atoms with Gasteiger partial charge in [0.2, 0.25) is 0 Å². The van der Waals surface area contributed by atoms with Crippen molar-refractivity contribution in [3.05, 3.63) is 216 Å². The van der Waals surface area contributed by atoms with Crippen LogP contribution in [0, 0.1) is 0 Å².